The monoisotopic (exact) mass is 318 g/mol. The second kappa shape index (κ2) is 6.20. The van der Waals surface area contributed by atoms with Gasteiger partial charge >= 0.3 is 5.16 Å². The number of aromatic nitrogens is 2. The van der Waals surface area contributed by atoms with E-state index < -0.39 is 29.0 Å². The molecule has 2 unspecified atom stereocenters. The summed E-state index contributed by atoms with van der Waals surface area (Å²) in [7, 11) is 0. The van der Waals surface area contributed by atoms with Crippen molar-refractivity contribution < 1.29 is 18.1 Å². The summed E-state index contributed by atoms with van der Waals surface area (Å²) >= 11 is -1.33. The first-order valence-electron chi connectivity index (χ1n) is 6.37. The Bertz CT molecular complexity index is 502. The summed E-state index contributed by atoms with van der Waals surface area (Å²) < 4.78 is 37.6. The third-order valence-electron chi connectivity index (χ3n) is 3.39. The first-order valence-corrected chi connectivity index (χ1v) is 7.92. The van der Waals surface area contributed by atoms with Crippen LogP contribution in [0.2, 0.25) is 0 Å². The van der Waals surface area contributed by atoms with Gasteiger partial charge in [-0.25, -0.2) is 8.78 Å². The molecule has 1 aromatic heterocycles. The summed E-state index contributed by atoms with van der Waals surface area (Å²) in [5.41, 5.74) is 5.80. The lowest BCUT2D eigenvalue weighted by Crippen LogP contribution is -2.45. The van der Waals surface area contributed by atoms with Crippen molar-refractivity contribution in [1.29, 1.82) is 0 Å². The van der Waals surface area contributed by atoms with Crippen molar-refractivity contribution in [2.75, 3.05) is 19.3 Å². The van der Waals surface area contributed by atoms with Crippen LogP contribution in [0.5, 0.6) is 0 Å². The smallest absolute Gasteiger partial charge is 0.342 e. The molecule has 2 atom stereocenters. The van der Waals surface area contributed by atoms with Crippen LogP contribution in [-0.2, 0) is 16.0 Å². The van der Waals surface area contributed by atoms with E-state index in [1.165, 1.54) is 18.6 Å². The topological polar surface area (TPSA) is 95.2 Å². The van der Waals surface area contributed by atoms with Gasteiger partial charge in [-0.1, -0.05) is 0 Å². The summed E-state index contributed by atoms with van der Waals surface area (Å²) in [4.78, 5) is 21.1. The van der Waals surface area contributed by atoms with Gasteiger partial charge in [0.25, 0.3) is 5.92 Å². The predicted molar refractivity (Wildman–Crippen MR) is 72.1 cm³/mol. The number of piperidine rings is 1. The molecule has 2 heterocycles. The van der Waals surface area contributed by atoms with E-state index in [2.05, 4.69) is 9.97 Å². The van der Waals surface area contributed by atoms with Crippen LogP contribution < -0.4 is 5.73 Å². The standard InChI is InChI=1S/C12H16F2N4O2S/c1-21(20)11-16-6-8(7-17-11)9(10(15)19)18-4-2-12(13,14)3-5-18/h6-7,9H,2-5H2,1H3,(H2,15,19). The number of nitrogens with zero attached hydrogens (tertiary/aromatic N) is 3. The van der Waals surface area contributed by atoms with Gasteiger partial charge in [0.15, 0.2) is 0 Å². The van der Waals surface area contributed by atoms with E-state index in [1.54, 1.807) is 4.90 Å². The van der Waals surface area contributed by atoms with Crippen LogP contribution in [0.4, 0.5) is 8.78 Å². The quantitative estimate of drug-likeness (QED) is 0.643. The third kappa shape index (κ3) is 3.86. The molecule has 1 aromatic rings. The largest absolute Gasteiger partial charge is 0.609 e. The molecular weight excluding hydrogens is 302 g/mol. The van der Waals surface area contributed by atoms with Gasteiger partial charge in [-0.3, -0.25) is 9.69 Å². The first-order chi connectivity index (χ1) is 9.80. The molecule has 116 valence electrons. The van der Waals surface area contributed by atoms with Crippen LogP contribution in [0.15, 0.2) is 17.6 Å². The van der Waals surface area contributed by atoms with Gasteiger partial charge in [0.1, 0.15) is 12.3 Å². The Morgan fingerprint density at radius 2 is 1.95 bits per heavy atom. The van der Waals surface area contributed by atoms with Gasteiger partial charge in [0.2, 0.25) is 5.91 Å². The van der Waals surface area contributed by atoms with Crippen LogP contribution >= 0.6 is 0 Å². The molecule has 0 aliphatic carbocycles. The Morgan fingerprint density at radius 3 is 2.38 bits per heavy atom. The molecule has 9 heteroatoms. The van der Waals surface area contributed by atoms with E-state index in [1.807, 2.05) is 0 Å². The number of carbonyl (C=O) groups excluding carboxylic acids is 1. The van der Waals surface area contributed by atoms with Crippen LogP contribution in [-0.4, -0.2) is 50.6 Å². The first kappa shape index (κ1) is 16.1. The van der Waals surface area contributed by atoms with Crippen LogP contribution in [0.25, 0.3) is 0 Å². The number of rotatable bonds is 4. The summed E-state index contributed by atoms with van der Waals surface area (Å²) in [5.74, 6) is -3.34. The summed E-state index contributed by atoms with van der Waals surface area (Å²) in [6.07, 6.45) is 3.55. The Labute approximate surface area is 123 Å². The van der Waals surface area contributed by atoms with E-state index in [4.69, 9.17) is 5.73 Å². The number of primary amides is 1. The predicted octanol–water partition coefficient (Wildman–Crippen LogP) is 0.471. The molecule has 2 N–H and O–H groups in total. The third-order valence-corrected chi connectivity index (χ3v) is 4.11. The zero-order valence-electron chi connectivity index (χ0n) is 11.5. The van der Waals surface area contributed by atoms with E-state index in [0.717, 1.165) is 0 Å². The van der Waals surface area contributed by atoms with Crippen LogP contribution in [0, 0.1) is 0 Å². The molecule has 1 fully saturated rings. The van der Waals surface area contributed by atoms with Crippen molar-refractivity contribution in [2.24, 2.45) is 5.73 Å². The highest BCUT2D eigenvalue weighted by atomic mass is 32.2. The maximum absolute atomic E-state index is 13.2. The molecular formula is C12H16F2N4O2S. The molecule has 1 amide bonds. The Kier molecular flexibility index (Phi) is 4.74. The summed E-state index contributed by atoms with van der Waals surface area (Å²) in [6, 6.07) is -0.847. The molecule has 0 saturated carbocycles. The molecule has 1 saturated heterocycles. The maximum atomic E-state index is 13.2. The zero-order chi connectivity index (χ0) is 15.6. The van der Waals surface area contributed by atoms with Crippen LogP contribution in [0.3, 0.4) is 0 Å². The number of alkyl halides is 2. The second-order valence-corrected chi connectivity index (χ2v) is 6.22. The van der Waals surface area contributed by atoms with Gasteiger partial charge in [-0.05, 0) is 0 Å². The summed E-state index contributed by atoms with van der Waals surface area (Å²) in [6.45, 7) is 0.143. The number of hydrogen-bond acceptors (Lipinski definition) is 5. The number of halogens is 2. The minimum atomic E-state index is -2.70. The lowest BCUT2D eigenvalue weighted by Gasteiger charge is -2.35. The molecule has 6 nitrogen and oxygen atoms in total. The van der Waals surface area contributed by atoms with Crippen molar-refractivity contribution in [3.8, 4) is 0 Å². The maximum Gasteiger partial charge on any atom is 0.342 e. The molecule has 2 rings (SSSR count). The normalized spacial score (nSPS) is 21.7. The van der Waals surface area contributed by atoms with E-state index in [0.29, 0.717) is 5.56 Å². The van der Waals surface area contributed by atoms with Gasteiger partial charge < -0.3 is 10.3 Å². The highest BCUT2D eigenvalue weighted by molar-refractivity contribution is 7.90. The Balaban J connectivity index is 2.18. The minimum Gasteiger partial charge on any atom is -0.609 e. The molecule has 0 bridgehead atoms. The van der Waals surface area contributed by atoms with Crippen LogP contribution in [0.1, 0.15) is 24.4 Å². The average molecular weight is 318 g/mol. The van der Waals surface area contributed by atoms with E-state index in [9.17, 15) is 18.1 Å². The molecule has 21 heavy (non-hydrogen) atoms. The van der Waals surface area contributed by atoms with Crippen molar-refractivity contribution in [2.45, 2.75) is 30.0 Å². The Hall–Kier alpha value is -1.32. The fraction of sp³-hybridized carbons (Fsp3) is 0.583. The highest BCUT2D eigenvalue weighted by Crippen LogP contribution is 2.32. The zero-order valence-corrected chi connectivity index (χ0v) is 12.3. The van der Waals surface area contributed by atoms with E-state index >= 15 is 0 Å². The van der Waals surface area contributed by atoms with Crippen molar-refractivity contribution >= 4 is 17.1 Å². The number of likely N-dealkylation sites (tertiary alicyclic amines) is 1. The Morgan fingerprint density at radius 1 is 1.43 bits per heavy atom. The van der Waals surface area contributed by atoms with Crippen molar-refractivity contribution in [3.05, 3.63) is 18.0 Å². The molecule has 0 aromatic carbocycles. The molecule has 1 aliphatic rings. The van der Waals surface area contributed by atoms with Gasteiger partial charge in [-0.2, -0.15) is 9.97 Å². The fourth-order valence-corrected chi connectivity index (χ4v) is 2.68. The van der Waals surface area contributed by atoms with Crippen molar-refractivity contribution in [3.63, 3.8) is 0 Å². The summed E-state index contributed by atoms with van der Waals surface area (Å²) in [5, 5.41) is 0.146. The van der Waals surface area contributed by atoms with Gasteiger partial charge in [0.05, 0.1) is 0 Å². The molecule has 0 radical (unpaired) electrons. The fourth-order valence-electron chi connectivity index (χ4n) is 2.28. The second-order valence-electron chi connectivity index (χ2n) is 4.95. The lowest BCUT2D eigenvalue weighted by molar-refractivity contribution is -0.127. The van der Waals surface area contributed by atoms with Gasteiger partial charge in [0, 0.05) is 55.1 Å². The number of nitrogens with two attached hydrogens (primary N) is 1. The number of amides is 1. The van der Waals surface area contributed by atoms with Crippen molar-refractivity contribution in [1.82, 2.24) is 14.9 Å². The molecule has 0 spiro atoms. The average Bonchev–Trinajstić information content (AvgIpc) is 2.41. The highest BCUT2D eigenvalue weighted by Gasteiger charge is 2.38. The SMILES string of the molecule is C[S+]([O-])c1ncc(C(C(N)=O)N2CCC(F)(F)CC2)cn1. The minimum absolute atomic E-state index is 0.0715. The lowest BCUT2D eigenvalue weighted by atomic mass is 10.0. The van der Waals surface area contributed by atoms with E-state index in [-0.39, 0.29) is 31.1 Å². The van der Waals surface area contributed by atoms with Gasteiger partial charge in [-0.15, -0.1) is 0 Å². The molecule has 1 aliphatic heterocycles. The number of hydrogen-bond donors (Lipinski definition) is 1. The number of carbonyl (C=O) groups is 1.